The number of benzene rings is 4. The number of hydrogen-bond acceptors (Lipinski definition) is 3. The predicted octanol–water partition coefficient (Wildman–Crippen LogP) is 8.66. The number of phenols is 1. The van der Waals surface area contributed by atoms with Crippen molar-refractivity contribution in [3.8, 4) is 11.5 Å². The quantitative estimate of drug-likeness (QED) is 0.207. The minimum Gasteiger partial charge on any atom is -0.533 e. The molecule has 0 spiro atoms. The number of aromatic hydroxyl groups is 1. The van der Waals surface area contributed by atoms with Gasteiger partial charge in [0.1, 0.15) is 17.3 Å². The molecule has 1 N–H and O–H groups in total. The van der Waals surface area contributed by atoms with E-state index in [0.717, 1.165) is 42.5 Å². The molecule has 4 aromatic carbocycles. The molecule has 0 amide bonds. The van der Waals surface area contributed by atoms with Crippen LogP contribution in [0, 0.1) is 23.2 Å². The third-order valence-electron chi connectivity index (χ3n) is 11.3. The monoisotopic (exact) mass is 634 g/mol. The Hall–Kier alpha value is -3.34. The first-order valence-corrected chi connectivity index (χ1v) is 19.1. The number of halogens is 1. The van der Waals surface area contributed by atoms with Crippen LogP contribution >= 0.6 is 11.6 Å². The molecule has 2 saturated carbocycles. The van der Waals surface area contributed by atoms with Crippen molar-refractivity contribution in [2.24, 2.45) is 23.2 Å². The fourth-order valence-corrected chi connectivity index (χ4v) is 14.0. The van der Waals surface area contributed by atoms with Crippen molar-refractivity contribution in [2.75, 3.05) is 0 Å². The largest absolute Gasteiger partial charge is 0.533 e. The number of hydrogen-bond donors (Lipinski definition) is 1. The lowest BCUT2D eigenvalue weighted by molar-refractivity contribution is -0.130. The van der Waals surface area contributed by atoms with Gasteiger partial charge in [-0.15, -0.1) is 0 Å². The normalized spacial score (nSPS) is 25.8. The van der Waals surface area contributed by atoms with Crippen LogP contribution in [0.25, 0.3) is 0 Å². The highest BCUT2D eigenvalue weighted by molar-refractivity contribution is 6.98. The lowest BCUT2D eigenvalue weighted by Gasteiger charge is -2.52. The fraction of sp³-hybridized carbons (Fsp3) is 0.375. The Labute approximate surface area is 273 Å². The van der Waals surface area contributed by atoms with E-state index >= 15 is 0 Å². The van der Waals surface area contributed by atoms with E-state index in [1.165, 1.54) is 27.1 Å². The number of phenolic OH excluding ortho intramolecular Hbond substituents is 1. The summed E-state index contributed by atoms with van der Waals surface area (Å²) in [6, 6.07) is 34.6. The van der Waals surface area contributed by atoms with Crippen molar-refractivity contribution in [2.45, 2.75) is 70.8 Å². The summed E-state index contributed by atoms with van der Waals surface area (Å²) in [6.07, 6.45) is 4.43. The van der Waals surface area contributed by atoms with Gasteiger partial charge < -0.3 is 9.53 Å². The van der Waals surface area contributed by atoms with Crippen LogP contribution in [0.3, 0.4) is 0 Å². The van der Waals surface area contributed by atoms with Crippen molar-refractivity contribution in [3.63, 3.8) is 0 Å². The van der Waals surface area contributed by atoms with Crippen molar-refractivity contribution in [1.82, 2.24) is 0 Å². The summed E-state index contributed by atoms with van der Waals surface area (Å²) in [7, 11) is -2.72. The van der Waals surface area contributed by atoms with E-state index in [4.69, 9.17) is 16.0 Å². The Morgan fingerprint density at radius 1 is 0.889 bits per heavy atom. The Morgan fingerprint density at radius 2 is 1.53 bits per heavy atom. The van der Waals surface area contributed by atoms with E-state index in [1.807, 2.05) is 0 Å². The Bertz CT molecular complexity index is 1650. The second-order valence-electron chi connectivity index (χ2n) is 14.3. The molecule has 45 heavy (non-hydrogen) atoms. The first kappa shape index (κ1) is 30.3. The van der Waals surface area contributed by atoms with Gasteiger partial charge in [-0.1, -0.05) is 111 Å². The Kier molecular flexibility index (Phi) is 7.94. The van der Waals surface area contributed by atoms with E-state index in [2.05, 4.69) is 106 Å². The molecule has 5 atom stereocenters. The summed E-state index contributed by atoms with van der Waals surface area (Å²) in [4.78, 5) is 13.3. The molecule has 232 valence electrons. The third kappa shape index (κ3) is 5.15. The van der Waals surface area contributed by atoms with E-state index in [0.29, 0.717) is 30.0 Å². The summed E-state index contributed by atoms with van der Waals surface area (Å²) in [5.74, 6) is 3.19. The second-order valence-corrected chi connectivity index (χ2v) is 18.1. The van der Waals surface area contributed by atoms with Crippen molar-refractivity contribution >= 4 is 36.1 Å². The third-order valence-corrected chi connectivity index (χ3v) is 16.2. The standard InChI is InChI=1S/C40H43ClO3Si/c1-26(2)25-45(29-10-6-4-7-11-29,30-12-8-5-9-13-30)44-36-22-20-31-32(39(36)41)18-19-33-35-21-23-37(43)40(35,3)24-34(38(31)33)27-14-16-28(42)17-15-27/h4-17,20,22,26,33-35,38,42H,18-19,21,23-25H2,1-3H3/t33-,34+,35-,38+,40-/m0/s1. The molecule has 0 bridgehead atoms. The average molecular weight is 635 g/mol. The number of ketones is 1. The van der Waals surface area contributed by atoms with Crippen LogP contribution in [0.1, 0.15) is 75.0 Å². The lowest BCUT2D eigenvalue weighted by atomic mass is 9.51. The van der Waals surface area contributed by atoms with Gasteiger partial charge in [0.15, 0.2) is 0 Å². The molecule has 5 heteroatoms. The van der Waals surface area contributed by atoms with E-state index < -0.39 is 8.32 Å². The second kappa shape index (κ2) is 11.8. The molecule has 0 radical (unpaired) electrons. The smallest absolute Gasteiger partial charge is 0.315 e. The summed E-state index contributed by atoms with van der Waals surface area (Å²) < 4.78 is 7.38. The molecular weight excluding hydrogens is 592 g/mol. The summed E-state index contributed by atoms with van der Waals surface area (Å²) in [6.45, 7) is 6.78. The Balaban J connectivity index is 1.34. The van der Waals surface area contributed by atoms with Crippen LogP contribution in [-0.2, 0) is 11.2 Å². The summed E-state index contributed by atoms with van der Waals surface area (Å²) in [5, 5.41) is 13.3. The van der Waals surface area contributed by atoms with Crippen LogP contribution < -0.4 is 14.8 Å². The SMILES string of the molecule is CC(C)C[Si](Oc1ccc2c(c1Cl)CC[C@@H]1[C@@H]2[C@@H](c2ccc(O)cc2)C[C@]2(C)C(=O)CC[C@@H]12)(c1ccccc1)c1ccccc1. The highest BCUT2D eigenvalue weighted by Crippen LogP contribution is 2.64. The summed E-state index contributed by atoms with van der Waals surface area (Å²) in [5.41, 5.74) is 3.43. The van der Waals surface area contributed by atoms with E-state index in [9.17, 15) is 9.90 Å². The van der Waals surface area contributed by atoms with Crippen LogP contribution in [0.5, 0.6) is 11.5 Å². The number of rotatable bonds is 7. The van der Waals surface area contributed by atoms with Gasteiger partial charge in [-0.05, 0) is 107 Å². The van der Waals surface area contributed by atoms with Gasteiger partial charge in [0.25, 0.3) is 0 Å². The average Bonchev–Trinajstić information content (AvgIpc) is 3.36. The molecule has 3 aliphatic carbocycles. The van der Waals surface area contributed by atoms with Crippen LogP contribution in [0.2, 0.25) is 11.1 Å². The maximum absolute atomic E-state index is 13.3. The molecule has 0 aliphatic heterocycles. The molecule has 7 rings (SSSR count). The maximum atomic E-state index is 13.3. The predicted molar refractivity (Wildman–Crippen MR) is 185 cm³/mol. The number of Topliss-reactive ketones (excluding diaryl/α,β-unsaturated/α-hetero) is 1. The highest BCUT2D eigenvalue weighted by Gasteiger charge is 2.58. The van der Waals surface area contributed by atoms with Gasteiger partial charge in [0.05, 0.1) is 5.02 Å². The van der Waals surface area contributed by atoms with Gasteiger partial charge in [-0.25, -0.2) is 0 Å². The van der Waals surface area contributed by atoms with Gasteiger partial charge >= 0.3 is 8.32 Å². The molecule has 0 heterocycles. The Morgan fingerprint density at radius 3 is 2.16 bits per heavy atom. The molecule has 3 nitrogen and oxygen atoms in total. The van der Waals surface area contributed by atoms with Crippen molar-refractivity contribution in [3.05, 3.63) is 119 Å². The number of carbonyl (C=O) groups is 1. The maximum Gasteiger partial charge on any atom is 0.315 e. The topological polar surface area (TPSA) is 46.5 Å². The molecule has 3 aliphatic rings. The first-order valence-electron chi connectivity index (χ1n) is 16.6. The van der Waals surface area contributed by atoms with Crippen molar-refractivity contribution in [1.29, 1.82) is 0 Å². The number of carbonyl (C=O) groups excluding carboxylic acids is 1. The zero-order valence-corrected chi connectivity index (χ0v) is 28.3. The van der Waals surface area contributed by atoms with E-state index in [1.54, 1.807) is 12.1 Å². The highest BCUT2D eigenvalue weighted by atomic mass is 35.5. The molecule has 2 fully saturated rings. The van der Waals surface area contributed by atoms with Crippen LogP contribution in [0.15, 0.2) is 97.1 Å². The van der Waals surface area contributed by atoms with E-state index in [-0.39, 0.29) is 23.0 Å². The summed E-state index contributed by atoms with van der Waals surface area (Å²) >= 11 is 7.46. The van der Waals surface area contributed by atoms with Gasteiger partial charge in [0, 0.05) is 11.8 Å². The van der Waals surface area contributed by atoms with Gasteiger partial charge in [-0.3, -0.25) is 4.79 Å². The van der Waals surface area contributed by atoms with Gasteiger partial charge in [-0.2, -0.15) is 0 Å². The van der Waals surface area contributed by atoms with Crippen molar-refractivity contribution < 1.29 is 14.3 Å². The molecular formula is C40H43ClO3Si. The zero-order chi connectivity index (χ0) is 31.3. The molecule has 4 aromatic rings. The number of fused-ring (bicyclic) bond motifs is 5. The molecule has 0 aromatic heterocycles. The molecule has 0 saturated heterocycles. The minimum absolute atomic E-state index is 0.184. The zero-order valence-electron chi connectivity index (χ0n) is 26.5. The first-order chi connectivity index (χ1) is 21.7. The van der Waals surface area contributed by atoms with Crippen LogP contribution in [-0.4, -0.2) is 19.2 Å². The molecule has 0 unspecified atom stereocenters. The lowest BCUT2D eigenvalue weighted by Crippen LogP contribution is -2.64. The minimum atomic E-state index is -2.72. The fourth-order valence-electron chi connectivity index (χ4n) is 9.37. The van der Waals surface area contributed by atoms with Gasteiger partial charge in [0.2, 0.25) is 0 Å². The van der Waals surface area contributed by atoms with Crippen LogP contribution in [0.4, 0.5) is 0 Å².